The predicted octanol–water partition coefficient (Wildman–Crippen LogP) is 4.46. The molecule has 1 aromatic carbocycles. The number of rotatable bonds is 3. The molecule has 1 aliphatic heterocycles. The van der Waals surface area contributed by atoms with Gasteiger partial charge in [0.05, 0.1) is 22.5 Å². The Morgan fingerprint density at radius 2 is 2.24 bits per heavy atom. The second kappa shape index (κ2) is 6.21. The Kier molecular flexibility index (Phi) is 4.88. The standard InChI is InChI=1S/C13H16Br2O2/c1-16-11-6-5-9(8-10(11)14)13(15)12-4-2-3-7-17-12/h5-6,8,12-13H,2-4,7H2,1H3. The van der Waals surface area contributed by atoms with Crippen molar-refractivity contribution in [2.75, 3.05) is 13.7 Å². The Morgan fingerprint density at radius 3 is 2.82 bits per heavy atom. The molecule has 0 aromatic heterocycles. The SMILES string of the molecule is COc1ccc(C(Br)C2CCCCO2)cc1Br. The van der Waals surface area contributed by atoms with Crippen molar-refractivity contribution in [1.82, 2.24) is 0 Å². The minimum Gasteiger partial charge on any atom is -0.496 e. The van der Waals surface area contributed by atoms with Gasteiger partial charge in [0.1, 0.15) is 5.75 Å². The summed E-state index contributed by atoms with van der Waals surface area (Å²) >= 11 is 7.25. The number of hydrogen-bond donors (Lipinski definition) is 0. The van der Waals surface area contributed by atoms with Gasteiger partial charge in [-0.15, -0.1) is 0 Å². The summed E-state index contributed by atoms with van der Waals surface area (Å²) in [6.07, 6.45) is 3.84. The van der Waals surface area contributed by atoms with E-state index in [9.17, 15) is 0 Å². The largest absolute Gasteiger partial charge is 0.496 e. The fourth-order valence-corrected chi connectivity index (χ4v) is 3.33. The first-order valence-corrected chi connectivity index (χ1v) is 7.52. The van der Waals surface area contributed by atoms with Gasteiger partial charge in [-0.3, -0.25) is 0 Å². The van der Waals surface area contributed by atoms with Gasteiger partial charge in [-0.2, -0.15) is 0 Å². The van der Waals surface area contributed by atoms with Crippen LogP contribution in [0.1, 0.15) is 29.7 Å². The molecule has 0 bridgehead atoms. The quantitative estimate of drug-likeness (QED) is 0.738. The molecule has 2 unspecified atom stereocenters. The Balaban J connectivity index is 2.12. The third kappa shape index (κ3) is 3.24. The van der Waals surface area contributed by atoms with Gasteiger partial charge in [0.15, 0.2) is 0 Å². The van der Waals surface area contributed by atoms with Gasteiger partial charge in [0, 0.05) is 6.61 Å². The van der Waals surface area contributed by atoms with E-state index in [1.165, 1.54) is 18.4 Å². The molecule has 2 nitrogen and oxygen atoms in total. The highest BCUT2D eigenvalue weighted by molar-refractivity contribution is 9.10. The Bertz CT molecular complexity index is 376. The van der Waals surface area contributed by atoms with Gasteiger partial charge >= 0.3 is 0 Å². The Morgan fingerprint density at radius 1 is 1.41 bits per heavy atom. The van der Waals surface area contributed by atoms with E-state index in [1.807, 2.05) is 6.07 Å². The van der Waals surface area contributed by atoms with Crippen molar-refractivity contribution in [1.29, 1.82) is 0 Å². The van der Waals surface area contributed by atoms with Crippen LogP contribution in [0.15, 0.2) is 22.7 Å². The molecule has 1 aromatic rings. The molecule has 0 spiro atoms. The average molecular weight is 364 g/mol. The van der Waals surface area contributed by atoms with Crippen LogP contribution in [-0.4, -0.2) is 19.8 Å². The topological polar surface area (TPSA) is 18.5 Å². The predicted molar refractivity (Wildman–Crippen MR) is 76.0 cm³/mol. The van der Waals surface area contributed by atoms with Crippen LogP contribution in [0.3, 0.4) is 0 Å². The van der Waals surface area contributed by atoms with Gasteiger partial charge in [-0.05, 0) is 52.9 Å². The summed E-state index contributed by atoms with van der Waals surface area (Å²) in [6, 6.07) is 6.16. The van der Waals surface area contributed by atoms with Crippen molar-refractivity contribution in [3.05, 3.63) is 28.2 Å². The zero-order chi connectivity index (χ0) is 12.3. The summed E-state index contributed by atoms with van der Waals surface area (Å²) in [5.41, 5.74) is 1.23. The van der Waals surface area contributed by atoms with Crippen molar-refractivity contribution >= 4 is 31.9 Å². The summed E-state index contributed by atoms with van der Waals surface area (Å²) in [4.78, 5) is 0.255. The molecule has 0 N–H and O–H groups in total. The maximum absolute atomic E-state index is 5.80. The third-order valence-electron chi connectivity index (χ3n) is 3.04. The average Bonchev–Trinajstić information content (AvgIpc) is 2.39. The second-order valence-corrected chi connectivity index (χ2v) is 6.04. The van der Waals surface area contributed by atoms with Crippen molar-refractivity contribution in [3.8, 4) is 5.75 Å². The maximum atomic E-state index is 5.80. The minimum absolute atomic E-state index is 0.255. The molecule has 94 valence electrons. The van der Waals surface area contributed by atoms with Crippen LogP contribution >= 0.6 is 31.9 Å². The maximum Gasteiger partial charge on any atom is 0.133 e. The molecular formula is C13H16Br2O2. The summed E-state index contributed by atoms with van der Waals surface area (Å²) in [5, 5.41) is 0. The van der Waals surface area contributed by atoms with Gasteiger partial charge in [-0.25, -0.2) is 0 Å². The van der Waals surface area contributed by atoms with E-state index in [-0.39, 0.29) is 10.9 Å². The van der Waals surface area contributed by atoms with Gasteiger partial charge < -0.3 is 9.47 Å². The lowest BCUT2D eigenvalue weighted by Gasteiger charge is -2.27. The smallest absolute Gasteiger partial charge is 0.133 e. The minimum atomic E-state index is 0.255. The summed E-state index contributed by atoms with van der Waals surface area (Å²) in [7, 11) is 1.68. The molecule has 0 aliphatic carbocycles. The van der Waals surface area contributed by atoms with Crippen LogP contribution in [0.4, 0.5) is 0 Å². The number of halogens is 2. The highest BCUT2D eigenvalue weighted by atomic mass is 79.9. The van der Waals surface area contributed by atoms with E-state index in [1.54, 1.807) is 7.11 Å². The second-order valence-electron chi connectivity index (χ2n) is 4.20. The molecule has 0 amide bonds. The fraction of sp³-hybridized carbons (Fsp3) is 0.538. The van der Waals surface area contributed by atoms with E-state index in [0.717, 1.165) is 23.2 Å². The molecule has 0 radical (unpaired) electrons. The van der Waals surface area contributed by atoms with Crippen LogP contribution in [0.25, 0.3) is 0 Å². The molecule has 1 heterocycles. The summed E-state index contributed by atoms with van der Waals surface area (Å²) in [5.74, 6) is 0.859. The molecule has 17 heavy (non-hydrogen) atoms. The third-order valence-corrected chi connectivity index (χ3v) is 4.77. The molecule has 1 fully saturated rings. The van der Waals surface area contributed by atoms with E-state index in [2.05, 4.69) is 44.0 Å². The molecule has 2 atom stereocenters. The summed E-state index contributed by atoms with van der Waals surface area (Å²) in [6.45, 7) is 0.879. The molecular weight excluding hydrogens is 348 g/mol. The fourth-order valence-electron chi connectivity index (χ4n) is 2.07. The molecule has 0 saturated carbocycles. The van der Waals surface area contributed by atoms with Crippen LogP contribution in [-0.2, 0) is 4.74 Å². The molecule has 4 heteroatoms. The van der Waals surface area contributed by atoms with E-state index in [0.29, 0.717) is 0 Å². The highest BCUT2D eigenvalue weighted by Gasteiger charge is 2.24. The van der Waals surface area contributed by atoms with Gasteiger partial charge in [0.25, 0.3) is 0 Å². The van der Waals surface area contributed by atoms with Gasteiger partial charge in [-0.1, -0.05) is 22.0 Å². The van der Waals surface area contributed by atoms with E-state index in [4.69, 9.17) is 9.47 Å². The lowest BCUT2D eigenvalue weighted by Crippen LogP contribution is -2.23. The first-order chi connectivity index (χ1) is 8.22. The Labute approximate surface area is 119 Å². The number of alkyl halides is 1. The lowest BCUT2D eigenvalue weighted by atomic mass is 10.0. The highest BCUT2D eigenvalue weighted by Crippen LogP contribution is 2.36. The van der Waals surface area contributed by atoms with Crippen molar-refractivity contribution in [3.63, 3.8) is 0 Å². The van der Waals surface area contributed by atoms with Crippen LogP contribution < -0.4 is 4.74 Å². The summed E-state index contributed by atoms with van der Waals surface area (Å²) < 4.78 is 12.0. The number of benzene rings is 1. The molecule has 1 saturated heterocycles. The first kappa shape index (κ1) is 13.4. The number of ether oxygens (including phenoxy) is 2. The zero-order valence-electron chi connectivity index (χ0n) is 9.79. The van der Waals surface area contributed by atoms with Crippen molar-refractivity contribution < 1.29 is 9.47 Å². The van der Waals surface area contributed by atoms with Crippen molar-refractivity contribution in [2.24, 2.45) is 0 Å². The van der Waals surface area contributed by atoms with Crippen LogP contribution in [0.5, 0.6) is 5.75 Å². The van der Waals surface area contributed by atoms with Crippen LogP contribution in [0.2, 0.25) is 0 Å². The first-order valence-electron chi connectivity index (χ1n) is 5.81. The lowest BCUT2D eigenvalue weighted by molar-refractivity contribution is 0.0160. The van der Waals surface area contributed by atoms with Crippen LogP contribution in [0, 0.1) is 0 Å². The van der Waals surface area contributed by atoms with Crippen molar-refractivity contribution in [2.45, 2.75) is 30.2 Å². The molecule has 1 aliphatic rings. The Hall–Kier alpha value is -0.0600. The zero-order valence-corrected chi connectivity index (χ0v) is 13.0. The number of methoxy groups -OCH3 is 1. The van der Waals surface area contributed by atoms with E-state index >= 15 is 0 Å². The van der Waals surface area contributed by atoms with Gasteiger partial charge in [0.2, 0.25) is 0 Å². The molecule has 2 rings (SSSR count). The normalized spacial score (nSPS) is 22.2. The number of hydrogen-bond acceptors (Lipinski definition) is 2. The van der Waals surface area contributed by atoms with E-state index < -0.39 is 0 Å². The monoisotopic (exact) mass is 362 g/mol.